The first kappa shape index (κ1) is 13.9. The SMILES string of the molecule is C#Cc1ccccc1-c1ccc2c(c1)C(C)(C)c1ccccc1-2. The van der Waals surface area contributed by atoms with E-state index in [9.17, 15) is 0 Å². The van der Waals surface area contributed by atoms with Gasteiger partial charge in [0, 0.05) is 11.0 Å². The summed E-state index contributed by atoms with van der Waals surface area (Å²) in [6, 6.07) is 23.6. The van der Waals surface area contributed by atoms with Gasteiger partial charge in [-0.2, -0.15) is 0 Å². The Balaban J connectivity index is 1.95. The normalized spacial score (nSPS) is 14.0. The lowest BCUT2D eigenvalue weighted by Crippen LogP contribution is -2.14. The highest BCUT2D eigenvalue weighted by atomic mass is 14.4. The van der Waals surface area contributed by atoms with Crippen molar-refractivity contribution in [3.05, 3.63) is 83.4 Å². The van der Waals surface area contributed by atoms with Crippen molar-refractivity contribution < 1.29 is 0 Å². The third-order valence-electron chi connectivity index (χ3n) is 4.98. The lowest BCUT2D eigenvalue weighted by atomic mass is 9.81. The van der Waals surface area contributed by atoms with E-state index in [-0.39, 0.29) is 5.41 Å². The predicted molar refractivity (Wildman–Crippen MR) is 97.4 cm³/mol. The second-order valence-electron chi connectivity index (χ2n) is 6.62. The highest BCUT2D eigenvalue weighted by molar-refractivity contribution is 5.84. The van der Waals surface area contributed by atoms with E-state index in [0.717, 1.165) is 11.1 Å². The highest BCUT2D eigenvalue weighted by Gasteiger charge is 2.35. The van der Waals surface area contributed by atoms with Gasteiger partial charge in [-0.3, -0.25) is 0 Å². The van der Waals surface area contributed by atoms with Crippen LogP contribution in [0.4, 0.5) is 0 Å². The van der Waals surface area contributed by atoms with Crippen LogP contribution in [-0.4, -0.2) is 0 Å². The maximum absolute atomic E-state index is 5.67. The van der Waals surface area contributed by atoms with Crippen LogP contribution in [0.3, 0.4) is 0 Å². The Kier molecular flexibility index (Phi) is 2.93. The molecule has 0 atom stereocenters. The molecule has 0 heterocycles. The summed E-state index contributed by atoms with van der Waals surface area (Å²) < 4.78 is 0. The topological polar surface area (TPSA) is 0 Å². The van der Waals surface area contributed by atoms with Gasteiger partial charge in [0.05, 0.1) is 0 Å². The van der Waals surface area contributed by atoms with E-state index in [1.165, 1.54) is 27.8 Å². The van der Waals surface area contributed by atoms with E-state index < -0.39 is 0 Å². The minimum atomic E-state index is 0.0209. The Bertz CT molecular complexity index is 952. The van der Waals surface area contributed by atoms with Gasteiger partial charge in [-0.15, -0.1) is 6.42 Å². The van der Waals surface area contributed by atoms with E-state index in [4.69, 9.17) is 6.42 Å². The molecule has 0 saturated heterocycles. The summed E-state index contributed by atoms with van der Waals surface area (Å²) in [6.45, 7) is 4.60. The average Bonchev–Trinajstić information content (AvgIpc) is 2.83. The molecule has 23 heavy (non-hydrogen) atoms. The van der Waals surface area contributed by atoms with Crippen LogP contribution < -0.4 is 0 Å². The molecule has 0 heteroatoms. The Labute approximate surface area is 137 Å². The summed E-state index contributed by atoms with van der Waals surface area (Å²) in [7, 11) is 0. The largest absolute Gasteiger partial charge is 0.115 e. The fraction of sp³-hybridized carbons (Fsp3) is 0.130. The zero-order valence-corrected chi connectivity index (χ0v) is 13.4. The average molecular weight is 294 g/mol. The minimum Gasteiger partial charge on any atom is -0.115 e. The van der Waals surface area contributed by atoms with Gasteiger partial charge in [-0.05, 0) is 45.5 Å². The van der Waals surface area contributed by atoms with Gasteiger partial charge in [0.1, 0.15) is 0 Å². The molecule has 0 amide bonds. The minimum absolute atomic E-state index is 0.0209. The van der Waals surface area contributed by atoms with Crippen LogP contribution in [0.1, 0.15) is 30.5 Å². The van der Waals surface area contributed by atoms with Crippen molar-refractivity contribution >= 4 is 0 Å². The van der Waals surface area contributed by atoms with Gasteiger partial charge >= 0.3 is 0 Å². The Morgan fingerprint density at radius 1 is 0.739 bits per heavy atom. The molecule has 4 rings (SSSR count). The number of rotatable bonds is 1. The number of benzene rings is 3. The second kappa shape index (κ2) is 4.86. The molecule has 0 spiro atoms. The third kappa shape index (κ3) is 1.94. The highest BCUT2D eigenvalue weighted by Crippen LogP contribution is 2.49. The standard InChI is InChI=1S/C23H18/c1-4-16-9-5-6-10-18(16)17-13-14-20-19-11-7-8-12-21(19)23(2,3)22(20)15-17/h1,5-15H,2-3H3. The quantitative estimate of drug-likeness (QED) is 0.509. The van der Waals surface area contributed by atoms with Crippen molar-refractivity contribution in [1.82, 2.24) is 0 Å². The van der Waals surface area contributed by atoms with Crippen LogP contribution in [0.5, 0.6) is 0 Å². The lowest BCUT2D eigenvalue weighted by Gasteiger charge is -2.22. The van der Waals surface area contributed by atoms with Crippen LogP contribution >= 0.6 is 0 Å². The number of terminal acetylenes is 1. The van der Waals surface area contributed by atoms with Crippen molar-refractivity contribution in [3.63, 3.8) is 0 Å². The maximum atomic E-state index is 5.67. The second-order valence-corrected chi connectivity index (χ2v) is 6.62. The fourth-order valence-corrected chi connectivity index (χ4v) is 3.73. The van der Waals surface area contributed by atoms with Gasteiger partial charge in [0.15, 0.2) is 0 Å². The Morgan fingerprint density at radius 3 is 2.17 bits per heavy atom. The molecule has 0 bridgehead atoms. The first-order valence-corrected chi connectivity index (χ1v) is 7.93. The third-order valence-corrected chi connectivity index (χ3v) is 4.98. The molecule has 0 unspecified atom stereocenters. The predicted octanol–water partition coefficient (Wildman–Crippen LogP) is 5.64. The summed E-state index contributed by atoms with van der Waals surface area (Å²) in [4.78, 5) is 0. The van der Waals surface area contributed by atoms with E-state index >= 15 is 0 Å². The van der Waals surface area contributed by atoms with E-state index in [2.05, 4.69) is 68.3 Å². The van der Waals surface area contributed by atoms with Crippen molar-refractivity contribution in [2.75, 3.05) is 0 Å². The van der Waals surface area contributed by atoms with Crippen LogP contribution in [0.25, 0.3) is 22.3 Å². The monoisotopic (exact) mass is 294 g/mol. The summed E-state index contributed by atoms with van der Waals surface area (Å²) in [5, 5.41) is 0. The van der Waals surface area contributed by atoms with Gasteiger partial charge in [-0.25, -0.2) is 0 Å². The van der Waals surface area contributed by atoms with Crippen LogP contribution in [0, 0.1) is 12.3 Å². The molecule has 3 aromatic carbocycles. The van der Waals surface area contributed by atoms with Crippen LogP contribution in [-0.2, 0) is 5.41 Å². The smallest absolute Gasteiger partial charge is 0.0321 e. The molecule has 1 aliphatic rings. The molecule has 0 nitrogen and oxygen atoms in total. The van der Waals surface area contributed by atoms with Crippen molar-refractivity contribution in [3.8, 4) is 34.6 Å². The number of hydrogen-bond acceptors (Lipinski definition) is 0. The summed E-state index contributed by atoms with van der Waals surface area (Å²) >= 11 is 0. The number of hydrogen-bond donors (Lipinski definition) is 0. The zero-order valence-electron chi connectivity index (χ0n) is 13.4. The molecule has 0 N–H and O–H groups in total. The molecule has 0 aliphatic heterocycles. The molecular weight excluding hydrogens is 276 g/mol. The molecule has 0 fully saturated rings. The molecule has 0 aromatic heterocycles. The van der Waals surface area contributed by atoms with Gasteiger partial charge < -0.3 is 0 Å². The van der Waals surface area contributed by atoms with Gasteiger partial charge in [0.2, 0.25) is 0 Å². The summed E-state index contributed by atoms with van der Waals surface area (Å²) in [5.74, 6) is 2.80. The van der Waals surface area contributed by atoms with E-state index in [1.54, 1.807) is 0 Å². The molecule has 0 saturated carbocycles. The van der Waals surface area contributed by atoms with E-state index in [1.807, 2.05) is 18.2 Å². The van der Waals surface area contributed by atoms with Crippen LogP contribution in [0.15, 0.2) is 66.7 Å². The molecule has 0 radical (unpaired) electrons. The Hall–Kier alpha value is -2.78. The van der Waals surface area contributed by atoms with Crippen molar-refractivity contribution in [2.24, 2.45) is 0 Å². The first-order chi connectivity index (χ1) is 11.1. The van der Waals surface area contributed by atoms with E-state index in [0.29, 0.717) is 0 Å². The van der Waals surface area contributed by atoms with Gasteiger partial charge in [0.25, 0.3) is 0 Å². The number of fused-ring (bicyclic) bond motifs is 3. The molecular formula is C23H18. The van der Waals surface area contributed by atoms with Crippen molar-refractivity contribution in [1.29, 1.82) is 0 Å². The first-order valence-electron chi connectivity index (χ1n) is 7.93. The fourth-order valence-electron chi connectivity index (χ4n) is 3.73. The van der Waals surface area contributed by atoms with Gasteiger partial charge in [-0.1, -0.05) is 74.4 Å². The van der Waals surface area contributed by atoms with Crippen LogP contribution in [0.2, 0.25) is 0 Å². The summed E-state index contributed by atoms with van der Waals surface area (Å²) in [5.41, 5.74) is 8.76. The zero-order chi connectivity index (χ0) is 16.0. The summed E-state index contributed by atoms with van der Waals surface area (Å²) in [6.07, 6.45) is 5.67. The Morgan fingerprint density at radius 2 is 1.39 bits per heavy atom. The molecule has 110 valence electrons. The lowest BCUT2D eigenvalue weighted by molar-refractivity contribution is 0.660. The van der Waals surface area contributed by atoms with Crippen molar-refractivity contribution in [2.45, 2.75) is 19.3 Å². The molecule has 1 aliphatic carbocycles. The maximum Gasteiger partial charge on any atom is 0.0321 e. The molecule has 3 aromatic rings.